The van der Waals surface area contributed by atoms with Crippen molar-refractivity contribution in [3.63, 3.8) is 0 Å². The quantitative estimate of drug-likeness (QED) is 0.111. The van der Waals surface area contributed by atoms with Crippen LogP contribution in [0.1, 0.15) is 101 Å². The number of hydrogen-bond donors (Lipinski definition) is 0. The fourth-order valence-electron chi connectivity index (χ4n) is 12.6. The molecule has 5 aliphatic rings. The molecule has 5 aliphatic carbocycles. The van der Waals surface area contributed by atoms with Crippen LogP contribution in [0.2, 0.25) is 0 Å². The molecular weight excluding hydrogens is 843 g/mol. The van der Waals surface area contributed by atoms with Gasteiger partial charge in [-0.15, -0.1) is 0 Å². The van der Waals surface area contributed by atoms with Crippen LogP contribution in [0.25, 0.3) is 38.8 Å². The Morgan fingerprint density at radius 1 is 0.643 bits per heavy atom. The van der Waals surface area contributed by atoms with Gasteiger partial charge in [0.1, 0.15) is 0 Å². The van der Waals surface area contributed by atoms with E-state index in [-0.39, 0.29) is 11.8 Å². The van der Waals surface area contributed by atoms with Gasteiger partial charge in [0.2, 0.25) is 0 Å². The van der Waals surface area contributed by atoms with Gasteiger partial charge in [-0.1, -0.05) is 222 Å². The van der Waals surface area contributed by atoms with Crippen molar-refractivity contribution in [2.45, 2.75) is 85.5 Å². The molecule has 1 heteroatoms. The molecule has 0 saturated carbocycles. The molecule has 0 aliphatic heterocycles. The van der Waals surface area contributed by atoms with Crippen molar-refractivity contribution in [1.29, 1.82) is 0 Å². The summed E-state index contributed by atoms with van der Waals surface area (Å²) < 4.78 is 0. The highest BCUT2D eigenvalue weighted by Gasteiger charge is 2.38. The zero-order valence-electron chi connectivity index (χ0n) is 42.0. The first-order valence-electron chi connectivity index (χ1n) is 26.6. The van der Waals surface area contributed by atoms with E-state index in [9.17, 15) is 0 Å². The van der Waals surface area contributed by atoms with Crippen LogP contribution in [0.4, 0.5) is 17.1 Å². The van der Waals surface area contributed by atoms with E-state index in [0.29, 0.717) is 29.6 Å². The molecular formula is C69H69N. The van der Waals surface area contributed by atoms with Crippen LogP contribution in [0.5, 0.6) is 0 Å². The number of hydrogen-bond acceptors (Lipinski definition) is 1. The lowest BCUT2D eigenvalue weighted by Crippen LogP contribution is -2.42. The minimum absolute atomic E-state index is 0.168. The number of benzene rings is 6. The minimum atomic E-state index is 0.168. The third-order valence-electron chi connectivity index (χ3n) is 16.4. The molecule has 6 aromatic rings. The third kappa shape index (κ3) is 8.57. The highest BCUT2D eigenvalue weighted by atomic mass is 15.1. The van der Waals surface area contributed by atoms with Crippen molar-refractivity contribution >= 4 is 55.8 Å². The van der Waals surface area contributed by atoms with Gasteiger partial charge in [0.15, 0.2) is 0 Å². The Hall–Kier alpha value is -6.70. The van der Waals surface area contributed by atoms with Crippen molar-refractivity contribution in [1.82, 2.24) is 0 Å². The molecule has 0 saturated heterocycles. The maximum absolute atomic E-state index is 2.59. The predicted octanol–water partition coefficient (Wildman–Crippen LogP) is 17.3. The average Bonchev–Trinajstić information content (AvgIpc) is 3.40. The number of rotatable bonds is 12. The molecule has 5 atom stereocenters. The Morgan fingerprint density at radius 2 is 1.34 bits per heavy atom. The van der Waals surface area contributed by atoms with E-state index in [2.05, 4.69) is 240 Å². The SMILES string of the molecule is CC(C)c1ccc(N(c2cccc3c2C=CCC3)c2c3ccccc3c(C3=c4ccccc4=C(C(C)C(CC=CC=C4C=CCCC4)C4=CCC(C(C)C)C=C4)C4C=CC=CC34)c3ccccc23)cc1. The molecule has 5 unspecified atom stereocenters. The maximum Gasteiger partial charge on any atom is 0.0619 e. The van der Waals surface area contributed by atoms with Gasteiger partial charge in [0.25, 0.3) is 0 Å². The Labute approximate surface area is 417 Å². The normalized spacial score (nSPS) is 20.9. The zero-order chi connectivity index (χ0) is 47.7. The Bertz CT molecular complexity index is 3280. The van der Waals surface area contributed by atoms with E-state index in [4.69, 9.17) is 0 Å². The summed E-state index contributed by atoms with van der Waals surface area (Å²) in [6.07, 6.45) is 41.7. The van der Waals surface area contributed by atoms with Gasteiger partial charge < -0.3 is 4.90 Å². The summed E-state index contributed by atoms with van der Waals surface area (Å²) in [6.45, 7) is 11.8. The topological polar surface area (TPSA) is 3.24 Å². The van der Waals surface area contributed by atoms with Crippen molar-refractivity contribution in [2.75, 3.05) is 4.90 Å². The molecule has 0 fully saturated rings. The van der Waals surface area contributed by atoms with Crippen LogP contribution in [0.15, 0.2) is 205 Å². The fourth-order valence-corrected chi connectivity index (χ4v) is 12.6. The molecule has 6 aromatic carbocycles. The Morgan fingerprint density at radius 3 is 2.03 bits per heavy atom. The first-order chi connectivity index (χ1) is 34.4. The van der Waals surface area contributed by atoms with Crippen LogP contribution in [0, 0.1) is 35.5 Å². The lowest BCUT2D eigenvalue weighted by molar-refractivity contribution is 0.444. The van der Waals surface area contributed by atoms with Crippen molar-refractivity contribution < 1.29 is 0 Å². The Kier molecular flexibility index (Phi) is 13.0. The summed E-state index contributed by atoms with van der Waals surface area (Å²) in [7, 11) is 0. The molecule has 0 spiro atoms. The lowest BCUT2D eigenvalue weighted by atomic mass is 9.65. The van der Waals surface area contributed by atoms with Gasteiger partial charge in [-0.2, -0.15) is 0 Å². The van der Waals surface area contributed by atoms with E-state index in [1.165, 1.54) is 107 Å². The van der Waals surface area contributed by atoms with E-state index in [0.717, 1.165) is 25.7 Å². The first-order valence-corrected chi connectivity index (χ1v) is 26.6. The van der Waals surface area contributed by atoms with Gasteiger partial charge in [-0.25, -0.2) is 0 Å². The molecule has 0 amide bonds. The summed E-state index contributed by atoms with van der Waals surface area (Å²) in [4.78, 5) is 2.58. The Balaban J connectivity index is 1.14. The van der Waals surface area contributed by atoms with Crippen LogP contribution in [-0.2, 0) is 6.42 Å². The van der Waals surface area contributed by atoms with E-state index in [1.807, 2.05) is 0 Å². The van der Waals surface area contributed by atoms with Gasteiger partial charge >= 0.3 is 0 Å². The second-order valence-corrected chi connectivity index (χ2v) is 21.2. The van der Waals surface area contributed by atoms with Crippen molar-refractivity contribution in [3.05, 3.63) is 238 Å². The largest absolute Gasteiger partial charge is 0.309 e. The molecule has 0 heterocycles. The standard InChI is InChI=1S/C69H69N/c1-46(2)50-38-40-53(41-39-50)55(27-11-9-24-49-22-7-6-8-23-49)48(5)66-57-29-13-15-31-59(57)67(60-32-16-14-30-58(60)66)68-61-33-17-19-35-63(61)69(64-36-20-18-34-62(64)68)70(54-44-42-51(43-45-54)47(3)4)65-37-21-26-52-25-10-12-28-56(52)65/h7,9,11-22,24,26,28-38,40-48,50,55,57,59H,6,8,10,23,25,27,39H2,1-5H3. The van der Waals surface area contributed by atoms with Crippen molar-refractivity contribution in [3.8, 4) is 0 Å². The lowest BCUT2D eigenvalue weighted by Gasteiger charge is -2.39. The summed E-state index contributed by atoms with van der Waals surface area (Å²) >= 11 is 0. The minimum Gasteiger partial charge on any atom is -0.309 e. The first kappa shape index (κ1) is 45.7. The van der Waals surface area contributed by atoms with Crippen LogP contribution in [0.3, 0.4) is 0 Å². The summed E-state index contributed by atoms with van der Waals surface area (Å²) in [5.41, 5.74) is 15.0. The zero-order valence-corrected chi connectivity index (χ0v) is 42.0. The van der Waals surface area contributed by atoms with E-state index in [1.54, 1.807) is 5.57 Å². The molecule has 1 nitrogen and oxygen atoms in total. The number of nitrogens with zero attached hydrogens (tertiary/aromatic N) is 1. The average molecular weight is 912 g/mol. The summed E-state index contributed by atoms with van der Waals surface area (Å²) in [5, 5.41) is 7.90. The van der Waals surface area contributed by atoms with Gasteiger partial charge in [0, 0.05) is 33.9 Å². The van der Waals surface area contributed by atoms with Crippen LogP contribution >= 0.6 is 0 Å². The molecule has 0 N–H and O–H groups in total. The summed E-state index contributed by atoms with van der Waals surface area (Å²) in [6, 6.07) is 44.4. The third-order valence-corrected chi connectivity index (χ3v) is 16.4. The van der Waals surface area contributed by atoms with E-state index >= 15 is 0 Å². The fraction of sp³-hybridized carbons (Fsp3) is 0.275. The predicted molar refractivity (Wildman–Crippen MR) is 302 cm³/mol. The maximum atomic E-state index is 2.59. The van der Waals surface area contributed by atoms with Crippen LogP contribution < -0.4 is 15.3 Å². The molecule has 11 rings (SSSR count). The number of fused-ring (bicyclic) bond motifs is 5. The van der Waals surface area contributed by atoms with Gasteiger partial charge in [0.05, 0.1) is 11.4 Å². The monoisotopic (exact) mass is 912 g/mol. The highest BCUT2D eigenvalue weighted by molar-refractivity contribution is 6.20. The molecule has 350 valence electrons. The van der Waals surface area contributed by atoms with Crippen molar-refractivity contribution in [2.24, 2.45) is 35.5 Å². The second kappa shape index (κ2) is 20.0. The number of aryl methyl sites for hydroxylation is 1. The molecule has 70 heavy (non-hydrogen) atoms. The smallest absolute Gasteiger partial charge is 0.0619 e. The van der Waals surface area contributed by atoms with E-state index < -0.39 is 0 Å². The van der Waals surface area contributed by atoms with Crippen LogP contribution in [-0.4, -0.2) is 0 Å². The van der Waals surface area contributed by atoms with Gasteiger partial charge in [-0.05, 0) is 147 Å². The molecule has 0 aromatic heterocycles. The second-order valence-electron chi connectivity index (χ2n) is 21.2. The molecule has 0 radical (unpaired) electrons. The number of allylic oxidation sites excluding steroid dienone is 15. The highest BCUT2D eigenvalue weighted by Crippen LogP contribution is 2.52. The van der Waals surface area contributed by atoms with Gasteiger partial charge in [-0.3, -0.25) is 0 Å². The molecule has 0 bridgehead atoms. The summed E-state index contributed by atoms with van der Waals surface area (Å²) in [5.74, 6) is 2.73. The number of anilines is 3.